The number of rotatable bonds is 4. The molecule has 2 aromatic rings. The van der Waals surface area contributed by atoms with E-state index in [4.69, 9.17) is 0 Å². The number of aromatic amines is 1. The molecule has 5 heteroatoms. The Bertz CT molecular complexity index is 694. The number of hydrogen-bond acceptors (Lipinski definition) is 3. The number of H-pyrrole nitrogens is 1. The zero-order valence-corrected chi connectivity index (χ0v) is 14.3. The molecule has 1 aromatic heterocycles. The second kappa shape index (κ2) is 7.18. The molecule has 1 aliphatic rings. The van der Waals surface area contributed by atoms with Crippen LogP contribution in [-0.4, -0.2) is 45.3 Å². The van der Waals surface area contributed by atoms with Crippen LogP contribution in [0, 0.1) is 5.92 Å². The molecule has 128 valence electrons. The number of hydrogen-bond donors (Lipinski definition) is 2. The molecule has 1 aliphatic heterocycles. The van der Waals surface area contributed by atoms with Crippen LogP contribution in [0.2, 0.25) is 0 Å². The predicted molar refractivity (Wildman–Crippen MR) is 93.5 cm³/mol. The average molecular weight is 327 g/mol. The van der Waals surface area contributed by atoms with Gasteiger partial charge in [-0.2, -0.15) is 5.10 Å². The summed E-state index contributed by atoms with van der Waals surface area (Å²) in [4.78, 5) is 14.3. The van der Waals surface area contributed by atoms with Crippen LogP contribution in [0.1, 0.15) is 31.5 Å². The molecule has 0 saturated heterocycles. The van der Waals surface area contributed by atoms with Gasteiger partial charge in [0.25, 0.3) is 5.91 Å². The number of nitrogens with zero attached hydrogens (tertiary/aromatic N) is 2. The quantitative estimate of drug-likeness (QED) is 0.906. The van der Waals surface area contributed by atoms with Crippen molar-refractivity contribution in [3.8, 4) is 11.3 Å². The third-order valence-corrected chi connectivity index (χ3v) is 4.55. The van der Waals surface area contributed by atoms with E-state index in [9.17, 15) is 9.90 Å². The second-order valence-corrected chi connectivity index (χ2v) is 6.87. The molecular weight excluding hydrogens is 302 g/mol. The number of aliphatic hydroxyl groups excluding tert-OH is 1. The zero-order valence-electron chi connectivity index (χ0n) is 14.3. The van der Waals surface area contributed by atoms with Crippen molar-refractivity contribution in [3.05, 3.63) is 41.6 Å². The molecule has 5 nitrogen and oxygen atoms in total. The number of fused-ring (bicyclic) bond motifs is 1. The first-order valence-electron chi connectivity index (χ1n) is 8.64. The predicted octanol–water partition coefficient (Wildman–Crippen LogP) is 2.41. The molecule has 1 atom stereocenters. The average Bonchev–Trinajstić information content (AvgIpc) is 2.86. The summed E-state index contributed by atoms with van der Waals surface area (Å²) in [6.45, 7) is 5.28. The highest BCUT2D eigenvalue weighted by Gasteiger charge is 2.26. The normalized spacial score (nSPS) is 15.9. The summed E-state index contributed by atoms with van der Waals surface area (Å²) < 4.78 is 0. The van der Waals surface area contributed by atoms with Gasteiger partial charge in [0.2, 0.25) is 0 Å². The number of nitrogens with one attached hydrogen (secondary N) is 1. The molecule has 2 N–H and O–H groups in total. The molecular formula is C19H25N3O2. The highest BCUT2D eigenvalue weighted by Crippen LogP contribution is 2.26. The summed E-state index contributed by atoms with van der Waals surface area (Å²) in [6, 6.07) is 10.1. The Hall–Kier alpha value is -2.14. The largest absolute Gasteiger partial charge is 0.383 e. The molecule has 0 radical (unpaired) electrons. The molecule has 1 amide bonds. The Morgan fingerprint density at radius 3 is 2.67 bits per heavy atom. The molecule has 0 spiro atoms. The smallest absolute Gasteiger partial charge is 0.251 e. The fraction of sp³-hybridized carbons (Fsp3) is 0.474. The molecule has 3 rings (SSSR count). The van der Waals surface area contributed by atoms with Crippen LogP contribution in [-0.2, 0) is 17.6 Å². The van der Waals surface area contributed by atoms with Crippen LogP contribution in [0.15, 0.2) is 30.3 Å². The lowest BCUT2D eigenvalue weighted by atomic mass is 10.0. The van der Waals surface area contributed by atoms with Gasteiger partial charge in [-0.3, -0.25) is 9.89 Å². The topological polar surface area (TPSA) is 69.2 Å². The van der Waals surface area contributed by atoms with Gasteiger partial charge < -0.3 is 10.0 Å². The van der Waals surface area contributed by atoms with E-state index in [1.807, 2.05) is 32.0 Å². The lowest BCUT2D eigenvalue weighted by Crippen LogP contribution is -2.41. The van der Waals surface area contributed by atoms with Crippen LogP contribution in [0.4, 0.5) is 0 Å². The van der Waals surface area contributed by atoms with Crippen molar-refractivity contribution in [3.63, 3.8) is 0 Å². The van der Waals surface area contributed by atoms with Gasteiger partial charge in [-0.05, 0) is 18.8 Å². The minimum atomic E-state index is -0.895. The monoisotopic (exact) mass is 327 g/mol. The third kappa shape index (κ3) is 3.51. The van der Waals surface area contributed by atoms with E-state index in [1.165, 1.54) is 5.56 Å². The first-order chi connectivity index (χ1) is 11.6. The van der Waals surface area contributed by atoms with E-state index < -0.39 is 6.10 Å². The summed E-state index contributed by atoms with van der Waals surface area (Å²) in [5.41, 5.74) is 4.36. The molecule has 0 bridgehead atoms. The van der Waals surface area contributed by atoms with E-state index in [0.717, 1.165) is 29.8 Å². The highest BCUT2D eigenvalue weighted by atomic mass is 16.3. The summed E-state index contributed by atoms with van der Waals surface area (Å²) in [5, 5.41) is 17.7. The number of aliphatic hydroxyl groups is 1. The highest BCUT2D eigenvalue weighted by molar-refractivity contribution is 5.81. The fourth-order valence-corrected chi connectivity index (χ4v) is 3.30. The van der Waals surface area contributed by atoms with Gasteiger partial charge in [0.05, 0.1) is 5.69 Å². The number of benzene rings is 1. The first kappa shape index (κ1) is 16.7. The lowest BCUT2D eigenvalue weighted by molar-refractivity contribution is -0.140. The van der Waals surface area contributed by atoms with Crippen molar-refractivity contribution >= 4 is 5.91 Å². The van der Waals surface area contributed by atoms with Gasteiger partial charge in [0.15, 0.2) is 0 Å². The van der Waals surface area contributed by atoms with E-state index in [1.54, 1.807) is 4.90 Å². The standard InChI is InChI=1S/C19H25N3O2/c1-13(2)12-17(23)19(24)22-10-8-15-16(9-11-22)20-21-18(15)14-6-4-3-5-7-14/h3-7,13,17,23H,8-12H2,1-2H3,(H,20,21). The maximum Gasteiger partial charge on any atom is 0.251 e. The SMILES string of the molecule is CC(C)CC(O)C(=O)N1CCc2[nH]nc(-c3ccccc3)c2CC1. The third-order valence-electron chi connectivity index (χ3n) is 4.55. The molecule has 0 saturated carbocycles. The number of carbonyl (C=O) groups excluding carboxylic acids is 1. The van der Waals surface area contributed by atoms with E-state index in [2.05, 4.69) is 22.3 Å². The Balaban J connectivity index is 1.74. The van der Waals surface area contributed by atoms with Crippen LogP contribution in [0.25, 0.3) is 11.3 Å². The van der Waals surface area contributed by atoms with E-state index in [0.29, 0.717) is 25.4 Å². The Labute approximate surface area is 142 Å². The minimum absolute atomic E-state index is 0.150. The van der Waals surface area contributed by atoms with Gasteiger partial charge in [0.1, 0.15) is 6.10 Å². The summed E-state index contributed by atoms with van der Waals surface area (Å²) in [6.07, 6.45) is 1.12. The number of aromatic nitrogens is 2. The summed E-state index contributed by atoms with van der Waals surface area (Å²) >= 11 is 0. The summed E-state index contributed by atoms with van der Waals surface area (Å²) in [7, 11) is 0. The molecule has 1 unspecified atom stereocenters. The van der Waals surface area contributed by atoms with Crippen LogP contribution >= 0.6 is 0 Å². The van der Waals surface area contributed by atoms with Gasteiger partial charge >= 0.3 is 0 Å². The number of carbonyl (C=O) groups is 1. The van der Waals surface area contributed by atoms with Gasteiger partial charge in [-0.1, -0.05) is 44.2 Å². The van der Waals surface area contributed by atoms with Crippen LogP contribution < -0.4 is 0 Å². The first-order valence-corrected chi connectivity index (χ1v) is 8.64. The van der Waals surface area contributed by atoms with Crippen molar-refractivity contribution in [2.75, 3.05) is 13.1 Å². The minimum Gasteiger partial charge on any atom is -0.383 e. The van der Waals surface area contributed by atoms with E-state index in [-0.39, 0.29) is 5.91 Å². The Kier molecular flexibility index (Phi) is 5.00. The van der Waals surface area contributed by atoms with Crippen molar-refractivity contribution in [1.82, 2.24) is 15.1 Å². The van der Waals surface area contributed by atoms with Crippen LogP contribution in [0.3, 0.4) is 0 Å². The molecule has 0 fully saturated rings. The maximum atomic E-state index is 12.5. The van der Waals surface area contributed by atoms with Gasteiger partial charge in [-0.15, -0.1) is 0 Å². The van der Waals surface area contributed by atoms with Crippen molar-refractivity contribution in [1.29, 1.82) is 0 Å². The van der Waals surface area contributed by atoms with Crippen molar-refractivity contribution in [2.45, 2.75) is 39.2 Å². The molecule has 1 aromatic carbocycles. The van der Waals surface area contributed by atoms with Crippen molar-refractivity contribution in [2.24, 2.45) is 5.92 Å². The summed E-state index contributed by atoms with van der Waals surface area (Å²) in [5.74, 6) is 0.153. The zero-order chi connectivity index (χ0) is 17.1. The Morgan fingerprint density at radius 1 is 1.25 bits per heavy atom. The van der Waals surface area contributed by atoms with Gasteiger partial charge in [-0.25, -0.2) is 0 Å². The molecule has 24 heavy (non-hydrogen) atoms. The van der Waals surface area contributed by atoms with Crippen LogP contribution in [0.5, 0.6) is 0 Å². The molecule has 2 heterocycles. The Morgan fingerprint density at radius 2 is 1.96 bits per heavy atom. The van der Waals surface area contributed by atoms with Gasteiger partial charge in [0, 0.05) is 36.3 Å². The van der Waals surface area contributed by atoms with E-state index >= 15 is 0 Å². The maximum absolute atomic E-state index is 12.5. The van der Waals surface area contributed by atoms with Crippen molar-refractivity contribution < 1.29 is 9.90 Å². The number of amides is 1. The fourth-order valence-electron chi connectivity index (χ4n) is 3.30. The molecule has 0 aliphatic carbocycles. The lowest BCUT2D eigenvalue weighted by Gasteiger charge is -2.24. The second-order valence-electron chi connectivity index (χ2n) is 6.87.